The van der Waals surface area contributed by atoms with Crippen molar-refractivity contribution >= 4 is 43.2 Å². The minimum Gasteiger partial charge on any atom is -0.283 e. The first-order chi connectivity index (χ1) is 6.03. The van der Waals surface area contributed by atoms with E-state index in [1.54, 1.807) is 24.3 Å². The second-order valence-electron chi connectivity index (χ2n) is 2.34. The highest BCUT2D eigenvalue weighted by atomic mass is 79.9. The van der Waals surface area contributed by atoms with Crippen LogP contribution in [-0.4, -0.2) is 13.1 Å². The van der Waals surface area contributed by atoms with Gasteiger partial charge in [0.1, 0.15) is 4.66 Å². The highest BCUT2D eigenvalue weighted by Gasteiger charge is 2.06. The van der Waals surface area contributed by atoms with E-state index in [9.17, 15) is 8.42 Å². The molecule has 0 saturated carbocycles. The molecular weight excluding hydrogens is 278 g/mol. The number of rotatable bonds is 3. The first kappa shape index (κ1) is 10.8. The summed E-state index contributed by atoms with van der Waals surface area (Å²) in [7, 11) is -3.28. The molecule has 0 heterocycles. The Labute approximate surface area is 90.3 Å². The lowest BCUT2D eigenvalue weighted by atomic mass is 10.3. The molecule has 0 bridgehead atoms. The first-order valence-corrected chi connectivity index (χ1v) is 6.51. The molecule has 0 amide bonds. The summed E-state index contributed by atoms with van der Waals surface area (Å²) >= 11 is 8.53. The molecule has 1 rings (SSSR count). The van der Waals surface area contributed by atoms with Gasteiger partial charge in [0.2, 0.25) is 10.0 Å². The molecule has 0 atom stereocenters. The molecule has 0 unspecified atom stereocenters. The summed E-state index contributed by atoms with van der Waals surface area (Å²) in [6.45, 7) is 0. The molecule has 1 N–H and O–H groups in total. The predicted molar refractivity (Wildman–Crippen MR) is 57.8 cm³/mol. The average Bonchev–Trinajstić information content (AvgIpc) is 2.03. The fraction of sp³-hybridized carbons (Fsp3) is 0.143. The smallest absolute Gasteiger partial charge is 0.242 e. The van der Waals surface area contributed by atoms with E-state index in [0.717, 1.165) is 0 Å². The molecular formula is C7H7BrClNO2S. The van der Waals surface area contributed by atoms with Crippen molar-refractivity contribution in [1.29, 1.82) is 0 Å². The lowest BCUT2D eigenvalue weighted by Gasteiger charge is -2.04. The standard InChI is InChI=1S/C7H7BrClNO2S/c8-5-13(11,12)10-7-3-1-2-6(9)4-7/h1-4,10H,5H2. The second-order valence-corrected chi connectivity index (χ2v) is 5.80. The van der Waals surface area contributed by atoms with E-state index in [4.69, 9.17) is 11.6 Å². The SMILES string of the molecule is O=S(=O)(CBr)Nc1cccc(Cl)c1. The largest absolute Gasteiger partial charge is 0.283 e. The molecule has 13 heavy (non-hydrogen) atoms. The molecule has 0 aliphatic carbocycles. The van der Waals surface area contributed by atoms with Gasteiger partial charge in [-0.3, -0.25) is 4.72 Å². The molecule has 0 fully saturated rings. The Hall–Kier alpha value is -0.260. The third kappa shape index (κ3) is 3.54. The van der Waals surface area contributed by atoms with Crippen molar-refractivity contribution in [2.45, 2.75) is 0 Å². The highest BCUT2D eigenvalue weighted by Crippen LogP contribution is 2.16. The van der Waals surface area contributed by atoms with Crippen LogP contribution in [0.3, 0.4) is 0 Å². The van der Waals surface area contributed by atoms with Gasteiger partial charge in [-0.25, -0.2) is 8.42 Å². The molecule has 1 aromatic rings. The van der Waals surface area contributed by atoms with E-state index in [1.165, 1.54) is 0 Å². The van der Waals surface area contributed by atoms with Gasteiger partial charge in [0, 0.05) is 10.7 Å². The zero-order chi connectivity index (χ0) is 9.90. The van der Waals surface area contributed by atoms with E-state index in [0.29, 0.717) is 10.7 Å². The second kappa shape index (κ2) is 4.30. The summed E-state index contributed by atoms with van der Waals surface area (Å²) in [5.41, 5.74) is 0.465. The van der Waals surface area contributed by atoms with Gasteiger partial charge in [0.25, 0.3) is 0 Å². The normalized spacial score (nSPS) is 11.2. The Kier molecular flexibility index (Phi) is 3.58. The molecule has 72 valence electrons. The van der Waals surface area contributed by atoms with Crippen LogP contribution in [0.2, 0.25) is 5.02 Å². The molecule has 0 spiro atoms. The van der Waals surface area contributed by atoms with Crippen LogP contribution in [0.4, 0.5) is 5.69 Å². The zero-order valence-corrected chi connectivity index (χ0v) is 9.66. The van der Waals surface area contributed by atoms with Gasteiger partial charge in [-0.05, 0) is 18.2 Å². The summed E-state index contributed by atoms with van der Waals surface area (Å²) in [6, 6.07) is 6.52. The van der Waals surface area contributed by atoms with E-state index in [1.807, 2.05) is 0 Å². The molecule has 0 radical (unpaired) electrons. The van der Waals surface area contributed by atoms with Gasteiger partial charge in [-0.15, -0.1) is 0 Å². The van der Waals surface area contributed by atoms with Crippen LogP contribution in [0.25, 0.3) is 0 Å². The van der Waals surface area contributed by atoms with Crippen molar-refractivity contribution in [2.24, 2.45) is 0 Å². The van der Waals surface area contributed by atoms with E-state index < -0.39 is 10.0 Å². The van der Waals surface area contributed by atoms with Crippen LogP contribution in [0.15, 0.2) is 24.3 Å². The Morgan fingerprint density at radius 2 is 2.15 bits per heavy atom. The van der Waals surface area contributed by atoms with E-state index >= 15 is 0 Å². The van der Waals surface area contributed by atoms with Crippen molar-refractivity contribution in [1.82, 2.24) is 0 Å². The number of hydrogen-bond acceptors (Lipinski definition) is 2. The van der Waals surface area contributed by atoms with Crippen LogP contribution in [0, 0.1) is 0 Å². The zero-order valence-electron chi connectivity index (χ0n) is 6.50. The molecule has 6 heteroatoms. The number of sulfonamides is 1. The molecule has 0 aromatic heterocycles. The monoisotopic (exact) mass is 283 g/mol. The van der Waals surface area contributed by atoms with Gasteiger partial charge >= 0.3 is 0 Å². The van der Waals surface area contributed by atoms with Crippen LogP contribution < -0.4 is 4.72 Å². The van der Waals surface area contributed by atoms with Gasteiger partial charge in [-0.1, -0.05) is 33.6 Å². The van der Waals surface area contributed by atoms with E-state index in [2.05, 4.69) is 20.7 Å². The maximum atomic E-state index is 11.1. The third-order valence-electron chi connectivity index (χ3n) is 1.24. The van der Waals surface area contributed by atoms with Crippen molar-refractivity contribution in [3.05, 3.63) is 29.3 Å². The summed E-state index contributed by atoms with van der Waals surface area (Å²) < 4.78 is 24.4. The molecule has 0 saturated heterocycles. The molecule has 0 aliphatic rings. The van der Waals surface area contributed by atoms with Crippen molar-refractivity contribution in [2.75, 3.05) is 9.38 Å². The minimum atomic E-state index is -3.28. The van der Waals surface area contributed by atoms with Crippen LogP contribution >= 0.6 is 27.5 Å². The van der Waals surface area contributed by atoms with Gasteiger partial charge < -0.3 is 0 Å². The maximum Gasteiger partial charge on any atom is 0.242 e. The third-order valence-corrected chi connectivity index (χ3v) is 4.12. The van der Waals surface area contributed by atoms with Crippen LogP contribution in [-0.2, 0) is 10.0 Å². The molecule has 0 aliphatic heterocycles. The van der Waals surface area contributed by atoms with Gasteiger partial charge in [0.05, 0.1) is 0 Å². The fourth-order valence-electron chi connectivity index (χ4n) is 0.759. The topological polar surface area (TPSA) is 46.2 Å². The average molecular weight is 285 g/mol. The number of alkyl halides is 1. The first-order valence-electron chi connectivity index (χ1n) is 3.35. The van der Waals surface area contributed by atoms with Crippen LogP contribution in [0.5, 0.6) is 0 Å². The van der Waals surface area contributed by atoms with Gasteiger partial charge in [0.15, 0.2) is 0 Å². The quantitative estimate of drug-likeness (QED) is 0.867. The summed E-state index contributed by atoms with van der Waals surface area (Å²) in [5, 5.41) is 0.495. The maximum absolute atomic E-state index is 11.1. The summed E-state index contributed by atoms with van der Waals surface area (Å²) in [4.78, 5) is 0. The minimum absolute atomic E-state index is 0.132. The molecule has 3 nitrogen and oxygen atoms in total. The number of benzene rings is 1. The predicted octanol–water partition coefficient (Wildman–Crippen LogP) is 2.43. The van der Waals surface area contributed by atoms with E-state index in [-0.39, 0.29) is 4.66 Å². The highest BCUT2D eigenvalue weighted by molar-refractivity contribution is 9.10. The van der Waals surface area contributed by atoms with Crippen molar-refractivity contribution in [3.63, 3.8) is 0 Å². The lowest BCUT2D eigenvalue weighted by Crippen LogP contribution is -2.12. The Morgan fingerprint density at radius 1 is 1.46 bits per heavy atom. The summed E-state index contributed by atoms with van der Waals surface area (Å²) in [5.74, 6) is 0. The van der Waals surface area contributed by atoms with Crippen molar-refractivity contribution < 1.29 is 8.42 Å². The summed E-state index contributed by atoms with van der Waals surface area (Å²) in [6.07, 6.45) is 0. The van der Waals surface area contributed by atoms with Crippen LogP contribution in [0.1, 0.15) is 0 Å². The fourth-order valence-corrected chi connectivity index (χ4v) is 1.83. The molecule has 1 aromatic carbocycles. The Morgan fingerprint density at radius 3 is 2.69 bits per heavy atom. The lowest BCUT2D eigenvalue weighted by molar-refractivity contribution is 0.606. The Balaban J connectivity index is 2.87. The van der Waals surface area contributed by atoms with Gasteiger partial charge in [-0.2, -0.15) is 0 Å². The Bertz CT molecular complexity index is 393. The number of nitrogens with one attached hydrogen (secondary N) is 1. The number of anilines is 1. The van der Waals surface area contributed by atoms with Crippen molar-refractivity contribution in [3.8, 4) is 0 Å². The number of halogens is 2. The number of hydrogen-bond donors (Lipinski definition) is 1.